The van der Waals surface area contributed by atoms with Crippen LogP contribution in [0.1, 0.15) is 35.5 Å². The highest BCUT2D eigenvalue weighted by Gasteiger charge is 2.23. The smallest absolute Gasteiger partial charge is 0.259 e. The summed E-state index contributed by atoms with van der Waals surface area (Å²) in [5, 5.41) is 3.80. The van der Waals surface area contributed by atoms with Gasteiger partial charge in [-0.05, 0) is 67.9 Å². The number of nitrogens with zero attached hydrogens (tertiary/aromatic N) is 2. The maximum atomic E-state index is 13.1. The Hall–Kier alpha value is -2.39. The third-order valence-corrected chi connectivity index (χ3v) is 8.54. The largest absolute Gasteiger partial charge is 0.371 e. The van der Waals surface area contributed by atoms with E-state index in [2.05, 4.69) is 20.2 Å². The molecule has 0 saturated carbocycles. The summed E-state index contributed by atoms with van der Waals surface area (Å²) in [5.74, 6) is 1.62. The Balaban J connectivity index is 1.08. The number of carbonyl (C=O) groups excluding carboxylic acids is 1. The zero-order chi connectivity index (χ0) is 22.8. The van der Waals surface area contributed by atoms with Gasteiger partial charge in [0, 0.05) is 30.2 Å². The van der Waals surface area contributed by atoms with Crippen molar-refractivity contribution in [2.24, 2.45) is 5.92 Å². The number of thioether (sulfide) groups is 1. The zero-order valence-electron chi connectivity index (χ0n) is 18.4. The maximum Gasteiger partial charge on any atom is 0.259 e. The minimum Gasteiger partial charge on any atom is -0.371 e. The fourth-order valence-electron chi connectivity index (χ4n) is 4.71. The van der Waals surface area contributed by atoms with Gasteiger partial charge in [0.05, 0.1) is 16.9 Å². The predicted octanol–water partition coefficient (Wildman–Crippen LogP) is 3.88. The Labute approximate surface area is 200 Å². The van der Waals surface area contributed by atoms with Gasteiger partial charge >= 0.3 is 0 Å². The fraction of sp³-hybridized carbons (Fsp3) is 0.458. The molecule has 6 nitrogen and oxygen atoms in total. The van der Waals surface area contributed by atoms with Crippen molar-refractivity contribution in [3.8, 4) is 0 Å². The van der Waals surface area contributed by atoms with Gasteiger partial charge in [0.2, 0.25) is 5.91 Å². The van der Waals surface area contributed by atoms with Crippen molar-refractivity contribution in [2.75, 3.05) is 30.3 Å². The Morgan fingerprint density at radius 1 is 1.27 bits per heavy atom. The van der Waals surface area contributed by atoms with Crippen molar-refractivity contribution in [1.82, 2.24) is 15.3 Å². The third-order valence-electron chi connectivity index (χ3n) is 6.41. The number of aromatic amines is 1. The average molecular weight is 487 g/mol. The number of rotatable bonds is 7. The topological polar surface area (TPSA) is 78.1 Å². The van der Waals surface area contributed by atoms with Gasteiger partial charge < -0.3 is 15.2 Å². The number of fused-ring (bicyclic) bond motifs is 3. The number of hydrogen-bond donors (Lipinski definition) is 2. The van der Waals surface area contributed by atoms with Crippen LogP contribution in [0.4, 0.5) is 10.1 Å². The van der Waals surface area contributed by atoms with Crippen LogP contribution < -0.4 is 15.8 Å². The molecule has 33 heavy (non-hydrogen) atoms. The van der Waals surface area contributed by atoms with Crippen LogP contribution in [-0.2, 0) is 23.4 Å². The Morgan fingerprint density at radius 3 is 2.94 bits per heavy atom. The van der Waals surface area contributed by atoms with Crippen molar-refractivity contribution in [3.63, 3.8) is 0 Å². The molecule has 174 valence electrons. The second-order valence-corrected chi connectivity index (χ2v) is 10.8. The van der Waals surface area contributed by atoms with Crippen LogP contribution >= 0.6 is 23.1 Å². The summed E-state index contributed by atoms with van der Waals surface area (Å²) >= 11 is 3.11. The van der Waals surface area contributed by atoms with Gasteiger partial charge in [-0.2, -0.15) is 0 Å². The van der Waals surface area contributed by atoms with Crippen LogP contribution in [0.25, 0.3) is 10.2 Å². The lowest BCUT2D eigenvalue weighted by atomic mass is 9.97. The first-order valence-corrected chi connectivity index (χ1v) is 13.4. The van der Waals surface area contributed by atoms with Crippen molar-refractivity contribution < 1.29 is 9.18 Å². The zero-order valence-corrected chi connectivity index (χ0v) is 20.0. The van der Waals surface area contributed by atoms with E-state index in [0.29, 0.717) is 29.8 Å². The summed E-state index contributed by atoms with van der Waals surface area (Å²) in [4.78, 5) is 36.9. The number of halogens is 1. The second-order valence-electron chi connectivity index (χ2n) is 8.78. The van der Waals surface area contributed by atoms with Crippen LogP contribution in [0.2, 0.25) is 0 Å². The lowest BCUT2D eigenvalue weighted by Crippen LogP contribution is -2.32. The van der Waals surface area contributed by atoms with E-state index in [1.165, 1.54) is 40.8 Å². The number of amides is 1. The van der Waals surface area contributed by atoms with Crippen LogP contribution in [0.5, 0.6) is 0 Å². The molecule has 9 heteroatoms. The molecule has 1 aliphatic carbocycles. The van der Waals surface area contributed by atoms with E-state index in [1.54, 1.807) is 23.5 Å². The first-order valence-electron chi connectivity index (χ1n) is 11.4. The van der Waals surface area contributed by atoms with Gasteiger partial charge in [0.25, 0.3) is 5.56 Å². The number of anilines is 1. The highest BCUT2D eigenvalue weighted by atomic mass is 32.2. The summed E-state index contributed by atoms with van der Waals surface area (Å²) < 4.78 is 13.1. The summed E-state index contributed by atoms with van der Waals surface area (Å²) in [5.41, 5.74) is 2.16. The molecule has 1 amide bonds. The minimum atomic E-state index is -0.229. The molecule has 1 aromatic carbocycles. The lowest BCUT2D eigenvalue weighted by Gasteiger charge is -2.18. The summed E-state index contributed by atoms with van der Waals surface area (Å²) in [6, 6.07) is 6.56. The quantitative estimate of drug-likeness (QED) is 0.530. The summed E-state index contributed by atoms with van der Waals surface area (Å²) in [6.45, 7) is 2.41. The SMILES string of the molecule is O=C(CSCc1nc2sc3c(c2c(=O)[nH]1)CCCC3)NCC1CCN(c2ccc(F)cc2)C1. The molecular weight excluding hydrogens is 459 g/mol. The van der Waals surface area contributed by atoms with E-state index in [-0.39, 0.29) is 17.3 Å². The summed E-state index contributed by atoms with van der Waals surface area (Å²) in [7, 11) is 0. The molecule has 3 heterocycles. The average Bonchev–Trinajstić information content (AvgIpc) is 3.43. The second kappa shape index (κ2) is 9.85. The van der Waals surface area contributed by atoms with Gasteiger partial charge in [0.15, 0.2) is 0 Å². The number of aryl methyl sites for hydroxylation is 2. The van der Waals surface area contributed by atoms with Gasteiger partial charge in [-0.25, -0.2) is 9.37 Å². The fourth-order valence-corrected chi connectivity index (χ4v) is 6.71. The van der Waals surface area contributed by atoms with Gasteiger partial charge in [-0.3, -0.25) is 9.59 Å². The van der Waals surface area contributed by atoms with Crippen molar-refractivity contribution in [3.05, 3.63) is 56.7 Å². The summed E-state index contributed by atoms with van der Waals surface area (Å²) in [6.07, 6.45) is 5.33. The van der Waals surface area contributed by atoms with Crippen molar-refractivity contribution in [1.29, 1.82) is 0 Å². The molecule has 3 aromatic rings. The van der Waals surface area contributed by atoms with Crippen LogP contribution in [-0.4, -0.2) is 41.3 Å². The van der Waals surface area contributed by atoms with Crippen LogP contribution in [0.3, 0.4) is 0 Å². The third kappa shape index (κ3) is 5.09. The Bertz CT molecular complexity index is 1210. The molecule has 2 aliphatic rings. The Morgan fingerprint density at radius 2 is 2.09 bits per heavy atom. The number of benzene rings is 1. The highest BCUT2D eigenvalue weighted by molar-refractivity contribution is 7.99. The molecule has 1 saturated heterocycles. The maximum absolute atomic E-state index is 13.1. The van der Waals surface area contributed by atoms with E-state index in [1.807, 2.05) is 0 Å². The van der Waals surface area contributed by atoms with Crippen LogP contribution in [0, 0.1) is 11.7 Å². The normalized spacial score (nSPS) is 18.0. The van der Waals surface area contributed by atoms with Crippen LogP contribution in [0.15, 0.2) is 29.1 Å². The van der Waals surface area contributed by atoms with E-state index in [4.69, 9.17) is 0 Å². The van der Waals surface area contributed by atoms with Gasteiger partial charge in [-0.1, -0.05) is 0 Å². The molecule has 2 N–H and O–H groups in total. The molecule has 1 atom stereocenters. The van der Waals surface area contributed by atoms with E-state index in [0.717, 1.165) is 54.7 Å². The minimum absolute atomic E-state index is 0.00440. The molecule has 0 radical (unpaired) electrons. The Kier molecular flexibility index (Phi) is 6.69. The number of aromatic nitrogens is 2. The molecule has 1 aliphatic heterocycles. The number of nitrogens with one attached hydrogen (secondary N) is 2. The molecular formula is C24H27FN4O2S2. The van der Waals surface area contributed by atoms with E-state index in [9.17, 15) is 14.0 Å². The molecule has 0 bridgehead atoms. The first kappa shape index (κ1) is 22.4. The van der Waals surface area contributed by atoms with E-state index < -0.39 is 0 Å². The lowest BCUT2D eigenvalue weighted by molar-refractivity contribution is -0.118. The monoisotopic (exact) mass is 486 g/mol. The molecule has 1 fully saturated rings. The molecule has 1 unspecified atom stereocenters. The molecule has 0 spiro atoms. The van der Waals surface area contributed by atoms with Gasteiger partial charge in [-0.15, -0.1) is 23.1 Å². The van der Waals surface area contributed by atoms with E-state index >= 15 is 0 Å². The predicted molar refractivity (Wildman–Crippen MR) is 133 cm³/mol. The standard InChI is InChI=1S/C24H27FN4O2S2/c25-16-5-7-17(8-6-16)29-10-9-15(12-29)11-26-21(30)14-32-13-20-27-23(31)22-18-3-1-2-4-19(18)33-24(22)28-20/h5-8,15H,1-4,9-14H2,(H,26,30)(H,27,28,31). The first-order chi connectivity index (χ1) is 16.1. The van der Waals surface area contributed by atoms with Crippen molar-refractivity contribution in [2.45, 2.75) is 37.9 Å². The molecule has 5 rings (SSSR count). The van der Waals surface area contributed by atoms with Gasteiger partial charge in [0.1, 0.15) is 16.5 Å². The number of carbonyl (C=O) groups is 1. The van der Waals surface area contributed by atoms with Crippen molar-refractivity contribution >= 4 is 44.9 Å². The molecule has 2 aromatic heterocycles. The number of H-pyrrole nitrogens is 1. The highest BCUT2D eigenvalue weighted by Crippen LogP contribution is 2.33. The number of hydrogen-bond acceptors (Lipinski definition) is 6. The number of thiophene rings is 1.